The van der Waals surface area contributed by atoms with Crippen LogP contribution < -0.4 is 4.31 Å². The average molecular weight is 575 g/mol. The molecule has 0 aliphatic carbocycles. The fourth-order valence-electron chi connectivity index (χ4n) is 3.84. The van der Waals surface area contributed by atoms with Crippen LogP contribution in [0.4, 0.5) is 5.69 Å². The Morgan fingerprint density at radius 1 is 0.902 bits per heavy atom. The molecule has 1 aliphatic heterocycles. The molecule has 0 saturated carbocycles. The van der Waals surface area contributed by atoms with Crippen molar-refractivity contribution >= 4 is 38.2 Å². The van der Waals surface area contributed by atoms with Crippen molar-refractivity contribution in [2.75, 3.05) is 17.6 Å². The topological polar surface area (TPSA) is 68.1 Å². The van der Waals surface area contributed by atoms with Gasteiger partial charge in [0, 0.05) is 30.7 Å². The predicted octanol–water partition coefficient (Wildman–Crippen LogP) is 4.14. The van der Waals surface area contributed by atoms with Crippen LogP contribution in [-0.4, -0.2) is 36.3 Å². The Labute approximate surface area is 247 Å². The van der Waals surface area contributed by atoms with E-state index in [4.69, 9.17) is 11.6 Å². The van der Waals surface area contributed by atoms with Crippen molar-refractivity contribution in [1.29, 1.82) is 0 Å². The van der Waals surface area contributed by atoms with E-state index in [-0.39, 0.29) is 5.28 Å². The Bertz CT molecular complexity index is 1990. The highest BCUT2D eigenvalue weighted by atomic mass is 35.5. The first-order valence-electron chi connectivity index (χ1n) is 12.2. The number of benzene rings is 1. The second-order valence-electron chi connectivity index (χ2n) is 8.26. The number of halogens is 1. The molecule has 8 heteroatoms. The van der Waals surface area contributed by atoms with Gasteiger partial charge in [0.1, 0.15) is 5.69 Å². The minimum atomic E-state index is -3.44. The smallest absolute Gasteiger partial charge is 0.232 e. The van der Waals surface area contributed by atoms with Crippen molar-refractivity contribution < 1.29 is 8.42 Å². The molecule has 0 bridgehead atoms. The molecule has 0 amide bonds. The van der Waals surface area contributed by atoms with Gasteiger partial charge in [-0.1, -0.05) is 30.0 Å². The summed E-state index contributed by atoms with van der Waals surface area (Å²) >= 11 is 6.02. The predicted molar refractivity (Wildman–Crippen MR) is 165 cm³/mol. The molecule has 6 nitrogen and oxygen atoms in total. The van der Waals surface area contributed by atoms with Gasteiger partial charge >= 0.3 is 0 Å². The van der Waals surface area contributed by atoms with E-state index < -0.39 is 10.0 Å². The van der Waals surface area contributed by atoms with Crippen molar-refractivity contribution in [2.24, 2.45) is 0 Å². The molecule has 0 atom stereocenters. The van der Waals surface area contributed by atoms with Gasteiger partial charge in [0.25, 0.3) is 0 Å². The second-order valence-corrected chi connectivity index (χ2v) is 10.6. The van der Waals surface area contributed by atoms with E-state index in [1.54, 1.807) is 13.8 Å². The number of anilines is 1. The third kappa shape index (κ3) is 8.39. The molecule has 1 aliphatic rings. The zero-order chi connectivity index (χ0) is 29.7. The Balaban J connectivity index is 0.000000253. The Morgan fingerprint density at radius 2 is 1.46 bits per heavy atom. The Hall–Kier alpha value is -5.20. The number of sulfonamides is 1. The molecule has 41 heavy (non-hydrogen) atoms. The van der Waals surface area contributed by atoms with Gasteiger partial charge in [0.2, 0.25) is 15.3 Å². The molecule has 0 saturated heterocycles. The summed E-state index contributed by atoms with van der Waals surface area (Å²) in [4.78, 5) is 8.34. The number of rotatable bonds is 3. The fraction of sp³-hybridized carbons (Fsp3) is 0.212. The molecule has 0 spiro atoms. The molecule has 200 valence electrons. The van der Waals surface area contributed by atoms with E-state index in [0.717, 1.165) is 36.6 Å². The average Bonchev–Trinajstić information content (AvgIpc) is 3.33. The molecule has 4 rings (SSSR count). The maximum absolute atomic E-state index is 12.0. The summed E-state index contributed by atoms with van der Waals surface area (Å²) in [6.07, 6.45) is 6.77. The summed E-state index contributed by atoms with van der Waals surface area (Å²) in [5.74, 6) is 35.6. The Kier molecular flexibility index (Phi) is 11.0. The van der Waals surface area contributed by atoms with Crippen LogP contribution in [0, 0.1) is 82.9 Å². The highest BCUT2D eigenvalue weighted by Gasteiger charge is 2.23. The number of aryl methyl sites for hydroxylation is 2. The van der Waals surface area contributed by atoms with Crippen LogP contribution in [0.1, 0.15) is 25.8 Å². The van der Waals surface area contributed by atoms with Gasteiger partial charge in [0.05, 0.1) is 23.7 Å². The van der Waals surface area contributed by atoms with Crippen molar-refractivity contribution in [2.45, 2.75) is 33.2 Å². The van der Waals surface area contributed by atoms with Crippen LogP contribution in [0.2, 0.25) is 5.28 Å². The van der Waals surface area contributed by atoms with Gasteiger partial charge in [-0.3, -0.25) is 4.31 Å². The third-order valence-electron chi connectivity index (χ3n) is 5.60. The fourth-order valence-corrected chi connectivity index (χ4v) is 4.47. The summed E-state index contributed by atoms with van der Waals surface area (Å²) < 4.78 is 27.4. The normalized spacial score (nSPS) is 10.1. The number of hydrogen-bond acceptors (Lipinski definition) is 4. The minimum absolute atomic E-state index is 0.0903. The van der Waals surface area contributed by atoms with Crippen LogP contribution in [0.3, 0.4) is 0 Å². The van der Waals surface area contributed by atoms with E-state index in [2.05, 4.69) is 103 Å². The van der Waals surface area contributed by atoms with E-state index >= 15 is 0 Å². The van der Waals surface area contributed by atoms with Crippen LogP contribution in [0.15, 0.2) is 30.6 Å². The lowest BCUT2D eigenvalue weighted by molar-refractivity contribution is 0.600. The number of para-hydroxylation sites is 1. The van der Waals surface area contributed by atoms with Gasteiger partial charge in [-0.05, 0) is 115 Å². The van der Waals surface area contributed by atoms with E-state index in [9.17, 15) is 8.42 Å². The lowest BCUT2D eigenvalue weighted by Crippen LogP contribution is -2.25. The first-order valence-corrected chi connectivity index (χ1v) is 14.4. The SMILES string of the molecule is CC#CC#CC#CC#CC#CC#CC#CC.CN(c1cnc(Cl)nc1-c1cn2c3c(cccc13)CCC2)S(C)(=O)=O. The minimum Gasteiger partial charge on any atom is -0.347 e. The molecule has 0 N–H and O–H groups in total. The molecule has 0 radical (unpaired) electrons. The zero-order valence-electron chi connectivity index (χ0n) is 22.9. The lowest BCUT2D eigenvalue weighted by atomic mass is 10.0. The van der Waals surface area contributed by atoms with Crippen molar-refractivity contribution in [3.63, 3.8) is 0 Å². The van der Waals surface area contributed by atoms with Gasteiger partial charge < -0.3 is 4.57 Å². The van der Waals surface area contributed by atoms with Crippen LogP contribution in [0.5, 0.6) is 0 Å². The molecule has 3 heterocycles. The molecule has 3 aromatic rings. The largest absolute Gasteiger partial charge is 0.347 e. The molecule has 0 unspecified atom stereocenters. The summed E-state index contributed by atoms with van der Waals surface area (Å²) in [5.41, 5.74) is 4.29. The molecule has 0 fully saturated rings. The van der Waals surface area contributed by atoms with E-state index in [1.165, 1.54) is 28.6 Å². The summed E-state index contributed by atoms with van der Waals surface area (Å²) in [6.45, 7) is 4.35. The van der Waals surface area contributed by atoms with Gasteiger partial charge in [-0.15, -0.1) is 0 Å². The second kappa shape index (κ2) is 14.8. The highest BCUT2D eigenvalue weighted by Crippen LogP contribution is 2.38. The van der Waals surface area contributed by atoms with Crippen LogP contribution in [-0.2, 0) is 23.0 Å². The quantitative estimate of drug-likeness (QED) is 0.348. The van der Waals surface area contributed by atoms with Gasteiger partial charge in [0.15, 0.2) is 0 Å². The Morgan fingerprint density at radius 3 is 2.00 bits per heavy atom. The number of hydrogen-bond donors (Lipinski definition) is 0. The van der Waals surface area contributed by atoms with Gasteiger partial charge in [-0.2, -0.15) is 0 Å². The van der Waals surface area contributed by atoms with Gasteiger partial charge in [-0.25, -0.2) is 18.4 Å². The van der Waals surface area contributed by atoms with Crippen molar-refractivity contribution in [3.05, 3.63) is 41.4 Å². The molecular weight excluding hydrogens is 552 g/mol. The lowest BCUT2D eigenvalue weighted by Gasteiger charge is -2.19. The summed E-state index contributed by atoms with van der Waals surface area (Å²) in [5, 5.41) is 1.14. The number of aromatic nitrogens is 3. The zero-order valence-corrected chi connectivity index (χ0v) is 24.5. The molecule has 2 aromatic heterocycles. The monoisotopic (exact) mass is 574 g/mol. The maximum Gasteiger partial charge on any atom is 0.232 e. The maximum atomic E-state index is 12.0. The molecule has 1 aromatic carbocycles. The third-order valence-corrected chi connectivity index (χ3v) is 6.97. The van der Waals surface area contributed by atoms with E-state index in [1.807, 2.05) is 18.3 Å². The van der Waals surface area contributed by atoms with Crippen LogP contribution >= 0.6 is 11.6 Å². The highest BCUT2D eigenvalue weighted by molar-refractivity contribution is 7.92. The number of nitrogens with zero attached hydrogens (tertiary/aromatic N) is 4. The summed E-state index contributed by atoms with van der Waals surface area (Å²) in [6, 6.07) is 6.20. The first-order chi connectivity index (χ1) is 19.8. The molecular formula is C33H23ClN4O2S. The first kappa shape index (κ1) is 30.3. The van der Waals surface area contributed by atoms with Crippen LogP contribution in [0.25, 0.3) is 22.2 Å². The standard InChI is InChI=1S/C17H17ClN4O2S.C16H6/c1-21(25(2,23)24)14-9-19-17(18)20-15(14)13-10-22-8-4-6-11-5-3-7-12(13)16(11)22;1-3-5-7-9-11-13-15-16-14-12-10-8-6-4-2/h3,5,7,9-10H,4,6,8H2,1-2H3;1-2H3. The van der Waals surface area contributed by atoms with Crippen molar-refractivity contribution in [3.8, 4) is 94.1 Å². The van der Waals surface area contributed by atoms with Crippen molar-refractivity contribution in [1.82, 2.24) is 14.5 Å². The van der Waals surface area contributed by atoms with E-state index in [0.29, 0.717) is 11.4 Å². The summed E-state index contributed by atoms with van der Waals surface area (Å²) in [7, 11) is -1.95.